The summed E-state index contributed by atoms with van der Waals surface area (Å²) in [4.78, 5) is 10.6. The number of aromatic carboxylic acids is 1. The molecule has 0 aromatic carbocycles. The van der Waals surface area contributed by atoms with Gasteiger partial charge in [-0.1, -0.05) is 13.3 Å². The number of carboxylic acids is 1. The van der Waals surface area contributed by atoms with Crippen LogP contribution in [-0.2, 0) is 6.54 Å². The van der Waals surface area contributed by atoms with Gasteiger partial charge in [-0.25, -0.2) is 4.79 Å². The zero-order valence-corrected chi connectivity index (χ0v) is 10.2. The van der Waals surface area contributed by atoms with Crippen molar-refractivity contribution in [2.24, 2.45) is 5.41 Å². The molecule has 17 heavy (non-hydrogen) atoms. The van der Waals surface area contributed by atoms with Crippen molar-refractivity contribution in [1.29, 1.82) is 0 Å². The predicted molar refractivity (Wildman–Crippen MR) is 63.9 cm³/mol. The van der Waals surface area contributed by atoms with Crippen molar-refractivity contribution >= 4 is 5.97 Å². The average molecular weight is 237 g/mol. The van der Waals surface area contributed by atoms with E-state index in [2.05, 4.69) is 12.2 Å². The molecular formula is C13H19NO3. The SMILES string of the molecule is CCC1(CNCc2ccc(C(=O)O)o2)CCC1. The topological polar surface area (TPSA) is 62.5 Å². The number of rotatable bonds is 6. The van der Waals surface area contributed by atoms with Crippen molar-refractivity contribution in [1.82, 2.24) is 5.32 Å². The number of furan rings is 1. The Hall–Kier alpha value is -1.29. The Bertz CT molecular complexity index is 388. The van der Waals surface area contributed by atoms with Gasteiger partial charge in [0, 0.05) is 6.54 Å². The van der Waals surface area contributed by atoms with Gasteiger partial charge < -0.3 is 14.8 Å². The molecule has 1 heterocycles. The van der Waals surface area contributed by atoms with E-state index in [9.17, 15) is 4.79 Å². The van der Waals surface area contributed by atoms with Gasteiger partial charge in [0.25, 0.3) is 0 Å². The first kappa shape index (κ1) is 12.2. The van der Waals surface area contributed by atoms with Crippen LogP contribution in [0.1, 0.15) is 48.9 Å². The van der Waals surface area contributed by atoms with E-state index in [1.54, 1.807) is 6.07 Å². The normalized spacial score (nSPS) is 17.7. The molecule has 2 rings (SSSR count). The number of carbonyl (C=O) groups is 1. The largest absolute Gasteiger partial charge is 0.475 e. The van der Waals surface area contributed by atoms with Gasteiger partial charge in [0.15, 0.2) is 0 Å². The van der Waals surface area contributed by atoms with Crippen molar-refractivity contribution in [3.05, 3.63) is 23.7 Å². The summed E-state index contributed by atoms with van der Waals surface area (Å²) >= 11 is 0. The molecule has 1 aliphatic rings. The highest BCUT2D eigenvalue weighted by molar-refractivity contribution is 5.84. The lowest BCUT2D eigenvalue weighted by atomic mass is 9.67. The molecule has 1 fully saturated rings. The quantitative estimate of drug-likeness (QED) is 0.798. The summed E-state index contributed by atoms with van der Waals surface area (Å²) in [6, 6.07) is 3.22. The second-order valence-electron chi connectivity index (χ2n) is 4.88. The Balaban J connectivity index is 1.79. The van der Waals surface area contributed by atoms with Crippen LogP contribution in [0.25, 0.3) is 0 Å². The molecule has 1 aliphatic carbocycles. The molecule has 0 unspecified atom stereocenters. The third kappa shape index (κ3) is 2.69. The lowest BCUT2D eigenvalue weighted by molar-refractivity contribution is 0.0659. The summed E-state index contributed by atoms with van der Waals surface area (Å²) in [7, 11) is 0. The van der Waals surface area contributed by atoms with E-state index in [4.69, 9.17) is 9.52 Å². The van der Waals surface area contributed by atoms with E-state index in [0.29, 0.717) is 17.7 Å². The van der Waals surface area contributed by atoms with Crippen molar-refractivity contribution in [2.45, 2.75) is 39.2 Å². The molecular weight excluding hydrogens is 218 g/mol. The summed E-state index contributed by atoms with van der Waals surface area (Å²) < 4.78 is 5.18. The standard InChI is InChI=1S/C13H19NO3/c1-2-13(6-3-7-13)9-14-8-10-4-5-11(17-10)12(15)16/h4-5,14H,2-3,6-9H2,1H3,(H,15,16). The molecule has 4 nitrogen and oxygen atoms in total. The second-order valence-corrected chi connectivity index (χ2v) is 4.88. The van der Waals surface area contributed by atoms with E-state index in [-0.39, 0.29) is 5.76 Å². The molecule has 94 valence electrons. The number of hydrogen-bond acceptors (Lipinski definition) is 3. The zero-order chi connectivity index (χ0) is 12.3. The fourth-order valence-electron chi connectivity index (χ4n) is 2.37. The predicted octanol–water partition coefficient (Wildman–Crippen LogP) is 2.65. The van der Waals surface area contributed by atoms with Gasteiger partial charge in [0.2, 0.25) is 5.76 Å². The summed E-state index contributed by atoms with van der Waals surface area (Å²) in [6.45, 7) is 3.83. The van der Waals surface area contributed by atoms with Crippen LogP contribution < -0.4 is 5.32 Å². The molecule has 0 saturated heterocycles. The van der Waals surface area contributed by atoms with E-state index < -0.39 is 5.97 Å². The fourth-order valence-corrected chi connectivity index (χ4v) is 2.37. The number of hydrogen-bond donors (Lipinski definition) is 2. The van der Waals surface area contributed by atoms with Gasteiger partial charge in [-0.05, 0) is 36.8 Å². The van der Waals surface area contributed by atoms with E-state index >= 15 is 0 Å². The van der Waals surface area contributed by atoms with Gasteiger partial charge in [0.1, 0.15) is 5.76 Å². The zero-order valence-electron chi connectivity index (χ0n) is 10.2. The van der Waals surface area contributed by atoms with E-state index in [1.807, 2.05) is 0 Å². The highest BCUT2D eigenvalue weighted by Crippen LogP contribution is 2.43. The smallest absolute Gasteiger partial charge is 0.371 e. The Labute approximate surface area is 101 Å². The van der Waals surface area contributed by atoms with Crippen LogP contribution in [0.2, 0.25) is 0 Å². The van der Waals surface area contributed by atoms with Crippen molar-refractivity contribution < 1.29 is 14.3 Å². The fraction of sp³-hybridized carbons (Fsp3) is 0.615. The first-order valence-corrected chi connectivity index (χ1v) is 6.18. The van der Waals surface area contributed by atoms with Gasteiger partial charge in [-0.15, -0.1) is 0 Å². The Morgan fingerprint density at radius 3 is 2.76 bits per heavy atom. The molecule has 0 aliphatic heterocycles. The molecule has 0 radical (unpaired) electrons. The summed E-state index contributed by atoms with van der Waals surface area (Å²) in [5.41, 5.74) is 0.474. The van der Waals surface area contributed by atoms with Crippen LogP contribution in [0.5, 0.6) is 0 Å². The first-order valence-electron chi connectivity index (χ1n) is 6.18. The second kappa shape index (κ2) is 4.92. The van der Waals surface area contributed by atoms with E-state index in [0.717, 1.165) is 6.54 Å². The van der Waals surface area contributed by atoms with Crippen molar-refractivity contribution in [3.8, 4) is 0 Å². The third-order valence-corrected chi connectivity index (χ3v) is 3.84. The maximum Gasteiger partial charge on any atom is 0.371 e. The van der Waals surface area contributed by atoms with Crippen LogP contribution in [0.4, 0.5) is 0 Å². The molecule has 1 saturated carbocycles. The maximum atomic E-state index is 10.6. The van der Waals surface area contributed by atoms with Crippen LogP contribution >= 0.6 is 0 Å². The summed E-state index contributed by atoms with van der Waals surface area (Å²) in [6.07, 6.45) is 5.14. The van der Waals surface area contributed by atoms with Gasteiger partial charge >= 0.3 is 5.97 Å². The lowest BCUT2D eigenvalue weighted by Crippen LogP contribution is -2.39. The Morgan fingerprint density at radius 2 is 2.29 bits per heavy atom. The van der Waals surface area contributed by atoms with Crippen LogP contribution in [0.15, 0.2) is 16.5 Å². The minimum absolute atomic E-state index is 0.00986. The van der Waals surface area contributed by atoms with Gasteiger partial charge in [0.05, 0.1) is 6.54 Å². The third-order valence-electron chi connectivity index (χ3n) is 3.84. The molecule has 1 aromatic rings. The molecule has 0 bridgehead atoms. The molecule has 1 aromatic heterocycles. The molecule has 0 spiro atoms. The van der Waals surface area contributed by atoms with Gasteiger partial charge in [-0.2, -0.15) is 0 Å². The van der Waals surface area contributed by atoms with Crippen LogP contribution in [-0.4, -0.2) is 17.6 Å². The number of carboxylic acid groups (broad SMARTS) is 1. The van der Waals surface area contributed by atoms with Gasteiger partial charge in [-0.3, -0.25) is 0 Å². The molecule has 0 atom stereocenters. The summed E-state index contributed by atoms with van der Waals surface area (Å²) in [5, 5.41) is 12.1. The van der Waals surface area contributed by atoms with Crippen molar-refractivity contribution in [3.63, 3.8) is 0 Å². The minimum Gasteiger partial charge on any atom is -0.475 e. The monoisotopic (exact) mass is 237 g/mol. The van der Waals surface area contributed by atoms with E-state index in [1.165, 1.54) is 31.7 Å². The molecule has 0 amide bonds. The van der Waals surface area contributed by atoms with Crippen molar-refractivity contribution in [2.75, 3.05) is 6.54 Å². The lowest BCUT2D eigenvalue weighted by Gasteiger charge is -2.41. The van der Waals surface area contributed by atoms with Crippen LogP contribution in [0.3, 0.4) is 0 Å². The highest BCUT2D eigenvalue weighted by Gasteiger charge is 2.34. The first-order chi connectivity index (χ1) is 8.15. The summed E-state index contributed by atoms with van der Waals surface area (Å²) in [5.74, 6) is -0.316. The van der Waals surface area contributed by atoms with Crippen LogP contribution in [0, 0.1) is 5.41 Å². The molecule has 4 heteroatoms. The Morgan fingerprint density at radius 1 is 1.53 bits per heavy atom. The average Bonchev–Trinajstić information content (AvgIpc) is 2.71. The molecule has 2 N–H and O–H groups in total. The minimum atomic E-state index is -1.01. The number of nitrogens with one attached hydrogen (secondary N) is 1. The Kier molecular flexibility index (Phi) is 3.52. The highest BCUT2D eigenvalue weighted by atomic mass is 16.4. The maximum absolute atomic E-state index is 10.6.